The molecule has 1 amide bonds. The van der Waals surface area contributed by atoms with Crippen molar-refractivity contribution in [2.45, 2.75) is 135 Å². The summed E-state index contributed by atoms with van der Waals surface area (Å²) in [6.07, 6.45) is 0.538. The van der Waals surface area contributed by atoms with Crippen molar-refractivity contribution in [1.82, 2.24) is 5.32 Å². The first kappa shape index (κ1) is 44.2. The molecule has 5 aliphatic carbocycles. The molecule has 0 radical (unpaired) electrons. The first-order valence-electron chi connectivity index (χ1n) is 21.0. The molecule has 0 unspecified atom stereocenters. The number of carbonyl (C=O) groups excluding carboxylic acids is 6. The average molecular weight is 848 g/mol. The summed E-state index contributed by atoms with van der Waals surface area (Å²) in [5, 5.41) is 28.1. The van der Waals surface area contributed by atoms with Gasteiger partial charge in [-0.15, -0.1) is 0 Å². The summed E-state index contributed by atoms with van der Waals surface area (Å²) >= 11 is 0. The molecule has 3 N–H and O–H groups in total. The molecule has 1 aromatic rings. The maximum Gasteiger partial charge on any atom is 0.408 e. The Morgan fingerprint density at radius 3 is 2.30 bits per heavy atom. The quantitative estimate of drug-likeness (QED) is 0.167. The van der Waals surface area contributed by atoms with Crippen molar-refractivity contribution >= 4 is 35.8 Å². The smallest absolute Gasteiger partial charge is 0.408 e. The van der Waals surface area contributed by atoms with E-state index in [0.29, 0.717) is 36.8 Å². The number of amides is 1. The van der Waals surface area contributed by atoms with Crippen molar-refractivity contribution in [1.29, 1.82) is 0 Å². The van der Waals surface area contributed by atoms with Crippen LogP contribution >= 0.6 is 0 Å². The van der Waals surface area contributed by atoms with Crippen LogP contribution in [0.4, 0.5) is 4.79 Å². The Kier molecular flexibility index (Phi) is 11.4. The summed E-state index contributed by atoms with van der Waals surface area (Å²) < 4.78 is 35.9. The van der Waals surface area contributed by atoms with Gasteiger partial charge in [0.2, 0.25) is 0 Å². The van der Waals surface area contributed by atoms with E-state index in [0.717, 1.165) is 0 Å². The van der Waals surface area contributed by atoms with E-state index < -0.39 is 112 Å². The molecule has 11 atom stereocenters. The zero-order chi connectivity index (χ0) is 44.4. The Labute approximate surface area is 355 Å². The van der Waals surface area contributed by atoms with Crippen LogP contribution in [-0.4, -0.2) is 106 Å². The van der Waals surface area contributed by atoms with Gasteiger partial charge in [-0.05, 0) is 88.1 Å². The molecular formula is C46H57NO14. The number of carbonyl (C=O) groups is 6. The van der Waals surface area contributed by atoms with E-state index in [1.807, 2.05) is 6.08 Å². The third-order valence-electron chi connectivity index (χ3n) is 13.8. The standard InChI is InChI=1S/C46H57NO14/c1-24-31(59-40(53)35(50)34(27-15-11-9-12-16-27)47-41(54)61-42(4,5)6)21-46(55)30(22-56-39(52)28-17-13-10-14-18-28)37-44(38(51)36(58-25(2)48)33(24)43(46,7)8)20-29(44)19-32-45(37,23-57-32)60-26(3)49/h10-11,13-18,29-32,34-37,50,55H,9,12,19-23H2,1-8H3,(H,47,54)/t29-,30+,31+,32-,34+,35-,36-,37+,44-,45+,46-/m1/s1. The number of aliphatic hydroxyl groups excluding tert-OH is 1. The number of benzene rings is 1. The summed E-state index contributed by atoms with van der Waals surface area (Å²) in [5.74, 6) is -6.23. The number of fused-ring (bicyclic) bond motifs is 4. The molecule has 4 fully saturated rings. The number of Topliss-reactive ketones (excluding diaryl/α,β-unsaturated/α-hetero) is 1. The fourth-order valence-corrected chi connectivity index (χ4v) is 11.1. The SMILES string of the molecule is CC(=O)O[C@H]1C(=O)[C@]23C[C@H]2C[C@H]2OC[C@@]2(OC(C)=O)[C@H]3[C@H](COC(=O)c2ccccc2)[C@]2(O)C[C@H](OC(=O)[C@H](O)[C@@H](NC(=O)OC(C)(C)C)C3=CCCC=C3)C(C)=C1C2(C)C. The second-order valence-corrected chi connectivity index (χ2v) is 19.0. The number of hydrogen-bond acceptors (Lipinski definition) is 14. The molecule has 1 saturated heterocycles. The number of ether oxygens (including phenoxy) is 6. The van der Waals surface area contributed by atoms with Gasteiger partial charge in [0.15, 0.2) is 23.6 Å². The fraction of sp³-hybridized carbons (Fsp3) is 0.609. The van der Waals surface area contributed by atoms with Gasteiger partial charge in [0.05, 0.1) is 30.4 Å². The predicted molar refractivity (Wildman–Crippen MR) is 215 cm³/mol. The molecule has 1 aliphatic heterocycles. The summed E-state index contributed by atoms with van der Waals surface area (Å²) in [5.41, 5.74) is -5.94. The van der Waals surface area contributed by atoms with Crippen LogP contribution in [0.15, 0.2) is 65.3 Å². The lowest BCUT2D eigenvalue weighted by Crippen LogP contribution is -2.76. The molecular weight excluding hydrogens is 790 g/mol. The van der Waals surface area contributed by atoms with Crippen LogP contribution in [0.3, 0.4) is 0 Å². The van der Waals surface area contributed by atoms with Gasteiger partial charge in [-0.3, -0.25) is 14.4 Å². The van der Waals surface area contributed by atoms with Gasteiger partial charge >= 0.3 is 30.0 Å². The Morgan fingerprint density at radius 1 is 1.00 bits per heavy atom. The molecule has 3 saturated carbocycles. The van der Waals surface area contributed by atoms with Crippen LogP contribution in [0.2, 0.25) is 0 Å². The van der Waals surface area contributed by atoms with E-state index in [2.05, 4.69) is 5.32 Å². The van der Waals surface area contributed by atoms with Gasteiger partial charge in [-0.2, -0.15) is 0 Å². The fourth-order valence-electron chi connectivity index (χ4n) is 11.1. The largest absolute Gasteiger partial charge is 0.462 e. The van der Waals surface area contributed by atoms with Gasteiger partial charge in [-0.25, -0.2) is 14.4 Å². The zero-order valence-electron chi connectivity index (χ0n) is 36.0. The molecule has 1 aromatic carbocycles. The van der Waals surface area contributed by atoms with Crippen molar-refractivity contribution in [3.8, 4) is 0 Å². The molecule has 6 aliphatic rings. The van der Waals surface area contributed by atoms with Gasteiger partial charge in [0, 0.05) is 42.9 Å². The van der Waals surface area contributed by atoms with Crippen LogP contribution in [0.5, 0.6) is 0 Å². The molecule has 1 spiro atoms. The van der Waals surface area contributed by atoms with Crippen molar-refractivity contribution < 1.29 is 67.4 Å². The van der Waals surface area contributed by atoms with Crippen molar-refractivity contribution in [3.63, 3.8) is 0 Å². The van der Waals surface area contributed by atoms with E-state index >= 15 is 4.79 Å². The second-order valence-electron chi connectivity index (χ2n) is 19.0. The Balaban J connectivity index is 1.35. The number of allylic oxidation sites excluding steroid dienone is 2. The number of hydrogen-bond donors (Lipinski definition) is 3. The molecule has 61 heavy (non-hydrogen) atoms. The molecule has 2 bridgehead atoms. The van der Waals surface area contributed by atoms with Gasteiger partial charge < -0.3 is 44.0 Å². The number of nitrogens with one attached hydrogen (secondary N) is 1. The lowest BCUT2D eigenvalue weighted by Gasteiger charge is -2.65. The zero-order valence-corrected chi connectivity index (χ0v) is 36.0. The first-order valence-corrected chi connectivity index (χ1v) is 21.0. The normalized spacial score (nSPS) is 34.2. The number of ketones is 1. The summed E-state index contributed by atoms with van der Waals surface area (Å²) in [7, 11) is 0. The topological polar surface area (TPSA) is 210 Å². The Bertz CT molecular complexity index is 2080. The summed E-state index contributed by atoms with van der Waals surface area (Å²) in [6, 6.07) is 6.96. The van der Waals surface area contributed by atoms with E-state index in [1.165, 1.54) is 13.8 Å². The molecule has 330 valence electrons. The highest BCUT2D eigenvalue weighted by Gasteiger charge is 2.83. The molecule has 15 heteroatoms. The molecule has 15 nitrogen and oxygen atoms in total. The van der Waals surface area contributed by atoms with Gasteiger partial charge in [0.25, 0.3) is 0 Å². The van der Waals surface area contributed by atoms with Crippen molar-refractivity contribution in [2.24, 2.45) is 28.6 Å². The highest BCUT2D eigenvalue weighted by molar-refractivity contribution is 5.97. The van der Waals surface area contributed by atoms with E-state index in [1.54, 1.807) is 84.0 Å². The van der Waals surface area contributed by atoms with Gasteiger partial charge in [-0.1, -0.05) is 50.3 Å². The van der Waals surface area contributed by atoms with Crippen LogP contribution in [0.1, 0.15) is 97.9 Å². The average Bonchev–Trinajstić information content (AvgIpc) is 3.91. The Hall–Kier alpha value is -4.86. The third kappa shape index (κ3) is 7.60. The Morgan fingerprint density at radius 2 is 1.70 bits per heavy atom. The second kappa shape index (κ2) is 15.8. The highest BCUT2D eigenvalue weighted by Crippen LogP contribution is 2.75. The van der Waals surface area contributed by atoms with Crippen LogP contribution in [0, 0.1) is 28.6 Å². The van der Waals surface area contributed by atoms with Crippen molar-refractivity contribution in [3.05, 3.63) is 70.8 Å². The highest BCUT2D eigenvalue weighted by atomic mass is 16.6. The number of rotatable bonds is 10. The molecule has 0 aromatic heterocycles. The predicted octanol–water partition coefficient (Wildman–Crippen LogP) is 4.62. The molecule has 1 heterocycles. The maximum atomic E-state index is 15.5. The minimum absolute atomic E-state index is 0.107. The van der Waals surface area contributed by atoms with Crippen LogP contribution < -0.4 is 5.32 Å². The monoisotopic (exact) mass is 847 g/mol. The van der Waals surface area contributed by atoms with E-state index in [9.17, 15) is 34.2 Å². The van der Waals surface area contributed by atoms with Gasteiger partial charge in [0.1, 0.15) is 17.8 Å². The maximum absolute atomic E-state index is 15.5. The lowest BCUT2D eigenvalue weighted by molar-refractivity contribution is -0.318. The van der Waals surface area contributed by atoms with Crippen LogP contribution in [0.25, 0.3) is 0 Å². The lowest BCUT2D eigenvalue weighted by atomic mass is 9.46. The van der Waals surface area contributed by atoms with E-state index in [4.69, 9.17) is 28.4 Å². The summed E-state index contributed by atoms with van der Waals surface area (Å²) in [4.78, 5) is 82.4. The third-order valence-corrected chi connectivity index (χ3v) is 13.8. The van der Waals surface area contributed by atoms with Crippen molar-refractivity contribution in [2.75, 3.05) is 13.2 Å². The number of aliphatic hydroxyl groups is 2. The van der Waals surface area contributed by atoms with Crippen LogP contribution in [-0.2, 0) is 47.6 Å². The first-order chi connectivity index (χ1) is 28.6. The minimum atomic E-state index is -2.05. The summed E-state index contributed by atoms with van der Waals surface area (Å²) in [6.45, 7) is 11.9. The van der Waals surface area contributed by atoms with E-state index in [-0.39, 0.29) is 30.1 Å². The number of esters is 4. The minimum Gasteiger partial charge on any atom is -0.462 e. The molecule has 7 rings (SSSR count). The number of alkyl carbamates (subject to hydrolysis) is 1.